The third kappa shape index (κ3) is 4.60. The summed E-state index contributed by atoms with van der Waals surface area (Å²) in [6, 6.07) is 10.8. The average molecular weight is 346 g/mol. The lowest BCUT2D eigenvalue weighted by molar-refractivity contribution is 0.165. The van der Waals surface area contributed by atoms with Crippen molar-refractivity contribution in [3.63, 3.8) is 0 Å². The number of rotatable bonds is 6. The minimum absolute atomic E-state index is 0.185. The van der Waals surface area contributed by atoms with Crippen molar-refractivity contribution in [3.8, 4) is 11.5 Å². The summed E-state index contributed by atoms with van der Waals surface area (Å²) >= 11 is 0. The molecule has 0 bridgehead atoms. The number of nitrogens with one attached hydrogen (secondary N) is 2. The SMILES string of the molecule is O=C(NCC[C@@H](O)c1ccc2c(c1)OCO2)NCc1ccc(F)cc1. The first kappa shape index (κ1) is 17.0. The van der Waals surface area contributed by atoms with Gasteiger partial charge in [-0.1, -0.05) is 18.2 Å². The maximum absolute atomic E-state index is 12.8. The molecule has 2 amide bonds. The highest BCUT2D eigenvalue weighted by molar-refractivity contribution is 5.73. The smallest absolute Gasteiger partial charge is 0.315 e. The van der Waals surface area contributed by atoms with Gasteiger partial charge in [-0.25, -0.2) is 9.18 Å². The van der Waals surface area contributed by atoms with Gasteiger partial charge in [0.15, 0.2) is 11.5 Å². The average Bonchev–Trinajstić information content (AvgIpc) is 3.09. The van der Waals surface area contributed by atoms with E-state index in [1.54, 1.807) is 30.3 Å². The minimum atomic E-state index is -0.716. The molecular weight excluding hydrogens is 327 g/mol. The molecule has 0 spiro atoms. The number of aliphatic hydroxyl groups is 1. The standard InChI is InChI=1S/C18H19FN2O4/c19-14-4-1-12(2-5-14)10-21-18(23)20-8-7-15(22)13-3-6-16-17(9-13)25-11-24-16/h1-6,9,15,22H,7-8,10-11H2,(H2,20,21,23)/t15-/m1/s1. The molecule has 3 rings (SSSR count). The fourth-order valence-electron chi connectivity index (χ4n) is 2.46. The highest BCUT2D eigenvalue weighted by Crippen LogP contribution is 2.34. The summed E-state index contributed by atoms with van der Waals surface area (Å²) in [5, 5.41) is 15.5. The van der Waals surface area contributed by atoms with Gasteiger partial charge in [-0.3, -0.25) is 0 Å². The molecule has 7 heteroatoms. The van der Waals surface area contributed by atoms with Crippen LogP contribution in [-0.2, 0) is 6.54 Å². The second-order valence-corrected chi connectivity index (χ2v) is 5.65. The van der Waals surface area contributed by atoms with E-state index < -0.39 is 6.10 Å². The van der Waals surface area contributed by atoms with Gasteiger partial charge in [-0.05, 0) is 41.8 Å². The van der Waals surface area contributed by atoms with Gasteiger partial charge in [0.2, 0.25) is 6.79 Å². The number of aliphatic hydroxyl groups excluding tert-OH is 1. The van der Waals surface area contributed by atoms with Crippen LogP contribution in [0.15, 0.2) is 42.5 Å². The number of hydrogen-bond acceptors (Lipinski definition) is 4. The Labute approximate surface area is 144 Å². The van der Waals surface area contributed by atoms with Crippen LogP contribution < -0.4 is 20.1 Å². The molecule has 1 atom stereocenters. The van der Waals surface area contributed by atoms with E-state index >= 15 is 0 Å². The van der Waals surface area contributed by atoms with Crippen molar-refractivity contribution >= 4 is 6.03 Å². The minimum Gasteiger partial charge on any atom is -0.454 e. The maximum atomic E-state index is 12.8. The van der Waals surface area contributed by atoms with Crippen LogP contribution >= 0.6 is 0 Å². The third-order valence-corrected chi connectivity index (χ3v) is 3.85. The van der Waals surface area contributed by atoms with E-state index in [9.17, 15) is 14.3 Å². The predicted molar refractivity (Wildman–Crippen MR) is 88.8 cm³/mol. The number of carbonyl (C=O) groups is 1. The Hall–Kier alpha value is -2.80. The lowest BCUT2D eigenvalue weighted by Crippen LogP contribution is -2.36. The second kappa shape index (κ2) is 7.85. The molecule has 6 nitrogen and oxygen atoms in total. The van der Waals surface area contributed by atoms with Crippen molar-refractivity contribution < 1.29 is 23.8 Å². The summed E-state index contributed by atoms with van der Waals surface area (Å²) in [5.41, 5.74) is 1.51. The van der Waals surface area contributed by atoms with Crippen molar-refractivity contribution in [2.45, 2.75) is 19.1 Å². The number of carbonyl (C=O) groups excluding carboxylic acids is 1. The predicted octanol–water partition coefficient (Wildman–Crippen LogP) is 2.48. The van der Waals surface area contributed by atoms with Crippen LogP contribution in [0, 0.1) is 5.82 Å². The van der Waals surface area contributed by atoms with Crippen molar-refractivity contribution in [1.29, 1.82) is 0 Å². The summed E-state index contributed by atoms with van der Waals surface area (Å²) in [5.74, 6) is 0.960. The molecule has 1 aliphatic rings. The Kier molecular flexibility index (Phi) is 5.35. The summed E-state index contributed by atoms with van der Waals surface area (Å²) in [4.78, 5) is 11.7. The summed E-state index contributed by atoms with van der Waals surface area (Å²) in [6.07, 6.45) is -0.351. The molecule has 2 aromatic rings. The molecule has 0 aliphatic carbocycles. The van der Waals surface area contributed by atoms with E-state index in [-0.39, 0.29) is 18.6 Å². The fourth-order valence-corrected chi connectivity index (χ4v) is 2.46. The third-order valence-electron chi connectivity index (χ3n) is 3.85. The Morgan fingerprint density at radius 3 is 2.68 bits per heavy atom. The van der Waals surface area contributed by atoms with Gasteiger partial charge >= 0.3 is 6.03 Å². The Balaban J connectivity index is 1.39. The van der Waals surface area contributed by atoms with Crippen molar-refractivity contribution in [3.05, 3.63) is 59.4 Å². The molecule has 132 valence electrons. The number of urea groups is 1. The van der Waals surface area contributed by atoms with Gasteiger partial charge in [-0.2, -0.15) is 0 Å². The van der Waals surface area contributed by atoms with Gasteiger partial charge in [0, 0.05) is 13.1 Å². The van der Waals surface area contributed by atoms with E-state index in [1.165, 1.54) is 12.1 Å². The number of fused-ring (bicyclic) bond motifs is 1. The first-order chi connectivity index (χ1) is 12.1. The van der Waals surface area contributed by atoms with Crippen LogP contribution in [0.1, 0.15) is 23.7 Å². The van der Waals surface area contributed by atoms with E-state index in [0.29, 0.717) is 36.6 Å². The van der Waals surface area contributed by atoms with Crippen LogP contribution in [0.2, 0.25) is 0 Å². The highest BCUT2D eigenvalue weighted by Gasteiger charge is 2.16. The molecule has 0 radical (unpaired) electrons. The number of benzene rings is 2. The van der Waals surface area contributed by atoms with E-state index in [2.05, 4.69) is 10.6 Å². The fraction of sp³-hybridized carbons (Fsp3) is 0.278. The van der Waals surface area contributed by atoms with Crippen molar-refractivity contribution in [2.75, 3.05) is 13.3 Å². The van der Waals surface area contributed by atoms with Gasteiger partial charge in [-0.15, -0.1) is 0 Å². The number of hydrogen-bond donors (Lipinski definition) is 3. The molecule has 0 fully saturated rings. The van der Waals surface area contributed by atoms with Crippen molar-refractivity contribution in [1.82, 2.24) is 10.6 Å². The number of ether oxygens (including phenoxy) is 2. The van der Waals surface area contributed by atoms with Crippen LogP contribution in [0.25, 0.3) is 0 Å². The molecule has 3 N–H and O–H groups in total. The first-order valence-corrected chi connectivity index (χ1v) is 7.95. The van der Waals surface area contributed by atoms with Crippen molar-refractivity contribution in [2.24, 2.45) is 0 Å². The summed E-state index contributed by atoms with van der Waals surface area (Å²) in [6.45, 7) is 0.798. The maximum Gasteiger partial charge on any atom is 0.315 e. The first-order valence-electron chi connectivity index (χ1n) is 7.95. The molecule has 25 heavy (non-hydrogen) atoms. The van der Waals surface area contributed by atoms with Crippen LogP contribution in [0.5, 0.6) is 11.5 Å². The molecule has 0 saturated carbocycles. The zero-order chi connectivity index (χ0) is 17.6. The number of halogens is 1. The van der Waals surface area contributed by atoms with Crippen LogP contribution in [0.3, 0.4) is 0 Å². The van der Waals surface area contributed by atoms with E-state index in [0.717, 1.165) is 5.56 Å². The lowest BCUT2D eigenvalue weighted by Gasteiger charge is -2.13. The lowest BCUT2D eigenvalue weighted by atomic mass is 10.1. The van der Waals surface area contributed by atoms with E-state index in [4.69, 9.17) is 9.47 Å². The molecule has 0 unspecified atom stereocenters. The van der Waals surface area contributed by atoms with Gasteiger partial charge in [0.1, 0.15) is 5.82 Å². The van der Waals surface area contributed by atoms with Crippen LogP contribution in [-0.4, -0.2) is 24.5 Å². The summed E-state index contributed by atoms with van der Waals surface area (Å²) < 4.78 is 23.3. The van der Waals surface area contributed by atoms with E-state index in [1.807, 2.05) is 0 Å². The zero-order valence-electron chi connectivity index (χ0n) is 13.5. The zero-order valence-corrected chi connectivity index (χ0v) is 13.5. The molecule has 0 saturated heterocycles. The monoisotopic (exact) mass is 346 g/mol. The Bertz CT molecular complexity index is 736. The molecule has 0 aromatic heterocycles. The summed E-state index contributed by atoms with van der Waals surface area (Å²) in [7, 11) is 0. The Morgan fingerprint density at radius 2 is 1.88 bits per heavy atom. The topological polar surface area (TPSA) is 79.8 Å². The van der Waals surface area contributed by atoms with Gasteiger partial charge < -0.3 is 25.2 Å². The largest absolute Gasteiger partial charge is 0.454 e. The molecule has 1 aliphatic heterocycles. The molecular formula is C18H19FN2O4. The normalized spacial score (nSPS) is 13.4. The Morgan fingerprint density at radius 1 is 1.12 bits per heavy atom. The van der Waals surface area contributed by atoms with Gasteiger partial charge in [0.25, 0.3) is 0 Å². The van der Waals surface area contributed by atoms with Crippen LogP contribution in [0.4, 0.5) is 9.18 Å². The highest BCUT2D eigenvalue weighted by atomic mass is 19.1. The second-order valence-electron chi connectivity index (χ2n) is 5.65. The molecule has 2 aromatic carbocycles. The molecule has 1 heterocycles. The number of amides is 2. The van der Waals surface area contributed by atoms with Gasteiger partial charge in [0.05, 0.1) is 6.10 Å². The quantitative estimate of drug-likeness (QED) is 0.751.